The van der Waals surface area contributed by atoms with E-state index >= 15 is 0 Å². The van der Waals surface area contributed by atoms with Crippen molar-refractivity contribution in [1.82, 2.24) is 0 Å². The summed E-state index contributed by atoms with van der Waals surface area (Å²) in [6.45, 7) is 6.69. The number of carbonyl (C=O) groups excluding carboxylic acids is 2. The molecule has 0 saturated carbocycles. The standard InChI is InChI=1S/C26H25NO4S/c1-17(2)15-31-20-12-10-19(11-13-20)23-24(32-16-21-8-6-14-30-21)26(29)27(25(23)28)22-9-5-4-7-18(22)3/h4-14,17H,15-16H2,1-3H3. The SMILES string of the molecule is Cc1ccccc1N1C(=O)C(SCc2ccco2)=C(c2ccc(OCC(C)C)cc2)C1=O. The molecule has 164 valence electrons. The van der Waals surface area contributed by atoms with Crippen molar-refractivity contribution in [3.05, 3.63) is 88.7 Å². The lowest BCUT2D eigenvalue weighted by Gasteiger charge is -2.17. The van der Waals surface area contributed by atoms with Crippen LogP contribution in [0.5, 0.6) is 5.75 Å². The average Bonchev–Trinajstić information content (AvgIpc) is 3.38. The first-order valence-corrected chi connectivity index (χ1v) is 11.5. The number of carbonyl (C=O) groups is 2. The Morgan fingerprint density at radius 1 is 0.969 bits per heavy atom. The van der Waals surface area contributed by atoms with E-state index in [1.54, 1.807) is 12.3 Å². The number of benzene rings is 2. The van der Waals surface area contributed by atoms with Crippen LogP contribution >= 0.6 is 11.8 Å². The van der Waals surface area contributed by atoms with Gasteiger partial charge in [-0.2, -0.15) is 0 Å². The zero-order valence-corrected chi connectivity index (χ0v) is 19.1. The van der Waals surface area contributed by atoms with Crippen molar-refractivity contribution in [1.29, 1.82) is 0 Å². The zero-order chi connectivity index (χ0) is 22.7. The fraction of sp³-hybridized carbons (Fsp3) is 0.231. The minimum atomic E-state index is -0.318. The van der Waals surface area contributed by atoms with E-state index in [9.17, 15) is 9.59 Å². The van der Waals surface area contributed by atoms with Crippen LogP contribution < -0.4 is 9.64 Å². The highest BCUT2D eigenvalue weighted by molar-refractivity contribution is 8.03. The molecule has 2 aromatic carbocycles. The van der Waals surface area contributed by atoms with Crippen LogP contribution in [0.2, 0.25) is 0 Å². The minimum absolute atomic E-state index is 0.309. The average molecular weight is 448 g/mol. The Balaban J connectivity index is 1.69. The summed E-state index contributed by atoms with van der Waals surface area (Å²) in [5.74, 6) is 1.73. The van der Waals surface area contributed by atoms with E-state index in [0.29, 0.717) is 40.0 Å². The lowest BCUT2D eigenvalue weighted by molar-refractivity contribution is -0.119. The lowest BCUT2D eigenvalue weighted by Crippen LogP contribution is -2.31. The summed E-state index contributed by atoms with van der Waals surface area (Å²) in [4.78, 5) is 28.6. The molecule has 3 aromatic rings. The van der Waals surface area contributed by atoms with Crippen LogP contribution in [0.3, 0.4) is 0 Å². The molecule has 0 radical (unpaired) electrons. The molecule has 32 heavy (non-hydrogen) atoms. The van der Waals surface area contributed by atoms with Gasteiger partial charge in [0.15, 0.2) is 0 Å². The molecule has 1 aromatic heterocycles. The maximum absolute atomic E-state index is 13.5. The zero-order valence-electron chi connectivity index (χ0n) is 18.3. The van der Waals surface area contributed by atoms with Crippen LogP contribution in [0, 0.1) is 12.8 Å². The molecule has 1 aliphatic rings. The Morgan fingerprint density at radius 3 is 2.38 bits per heavy atom. The van der Waals surface area contributed by atoms with Gasteiger partial charge in [-0.05, 0) is 54.3 Å². The molecule has 0 bridgehead atoms. The first kappa shape index (κ1) is 22.0. The summed E-state index contributed by atoms with van der Waals surface area (Å²) in [5.41, 5.74) is 2.57. The Kier molecular flexibility index (Phi) is 6.51. The molecule has 2 amide bonds. The van der Waals surface area contributed by atoms with Crippen LogP contribution in [0.4, 0.5) is 5.69 Å². The highest BCUT2D eigenvalue weighted by Gasteiger charge is 2.40. The van der Waals surface area contributed by atoms with Crippen molar-refractivity contribution >= 4 is 34.8 Å². The lowest BCUT2D eigenvalue weighted by atomic mass is 10.1. The number of anilines is 1. The maximum atomic E-state index is 13.5. The third-order valence-electron chi connectivity index (χ3n) is 5.06. The predicted octanol–water partition coefficient (Wildman–Crippen LogP) is 5.84. The van der Waals surface area contributed by atoms with E-state index in [4.69, 9.17) is 9.15 Å². The number of para-hydroxylation sites is 1. The van der Waals surface area contributed by atoms with Crippen LogP contribution in [0.15, 0.2) is 76.2 Å². The molecular formula is C26H25NO4S. The van der Waals surface area contributed by atoms with Gasteiger partial charge < -0.3 is 9.15 Å². The summed E-state index contributed by atoms with van der Waals surface area (Å²) in [6.07, 6.45) is 1.60. The number of thioether (sulfide) groups is 1. The van der Waals surface area contributed by atoms with E-state index in [1.165, 1.54) is 16.7 Å². The van der Waals surface area contributed by atoms with Gasteiger partial charge in [0.2, 0.25) is 0 Å². The number of aryl methyl sites for hydroxylation is 1. The molecule has 0 atom stereocenters. The molecule has 6 heteroatoms. The third-order valence-corrected chi connectivity index (χ3v) is 6.16. The predicted molar refractivity (Wildman–Crippen MR) is 127 cm³/mol. The molecule has 0 saturated heterocycles. The molecule has 0 spiro atoms. The van der Waals surface area contributed by atoms with Crippen LogP contribution in [0.25, 0.3) is 5.57 Å². The van der Waals surface area contributed by atoms with Crippen molar-refractivity contribution in [2.45, 2.75) is 26.5 Å². The van der Waals surface area contributed by atoms with Crippen molar-refractivity contribution < 1.29 is 18.7 Å². The van der Waals surface area contributed by atoms with Gasteiger partial charge in [0.1, 0.15) is 11.5 Å². The number of hydrogen-bond donors (Lipinski definition) is 0. The van der Waals surface area contributed by atoms with Gasteiger partial charge in [-0.25, -0.2) is 4.90 Å². The third kappa shape index (κ3) is 4.50. The molecule has 0 unspecified atom stereocenters. The van der Waals surface area contributed by atoms with Gasteiger partial charge >= 0.3 is 0 Å². The van der Waals surface area contributed by atoms with E-state index < -0.39 is 0 Å². The Bertz CT molecular complexity index is 1150. The van der Waals surface area contributed by atoms with Gasteiger partial charge in [0.25, 0.3) is 11.8 Å². The molecule has 1 aliphatic heterocycles. The molecular weight excluding hydrogens is 422 g/mol. The molecule has 0 N–H and O–H groups in total. The normalized spacial score (nSPS) is 14.1. The summed E-state index contributed by atoms with van der Waals surface area (Å²) in [6, 6.07) is 18.4. The van der Waals surface area contributed by atoms with Gasteiger partial charge in [-0.15, -0.1) is 11.8 Å². The Labute approximate surface area is 192 Å². The van der Waals surface area contributed by atoms with Crippen LogP contribution in [-0.2, 0) is 15.3 Å². The van der Waals surface area contributed by atoms with E-state index in [2.05, 4.69) is 13.8 Å². The van der Waals surface area contributed by atoms with Gasteiger partial charge in [0, 0.05) is 0 Å². The van der Waals surface area contributed by atoms with Gasteiger partial charge in [-0.1, -0.05) is 44.2 Å². The fourth-order valence-corrected chi connectivity index (χ4v) is 4.47. The van der Waals surface area contributed by atoms with Crippen molar-refractivity contribution in [3.63, 3.8) is 0 Å². The first-order valence-electron chi connectivity index (χ1n) is 10.5. The summed E-state index contributed by atoms with van der Waals surface area (Å²) in [5, 5.41) is 0. The monoisotopic (exact) mass is 447 g/mol. The van der Waals surface area contributed by atoms with Crippen molar-refractivity contribution in [2.24, 2.45) is 5.92 Å². The number of rotatable bonds is 8. The van der Waals surface area contributed by atoms with Crippen molar-refractivity contribution in [3.8, 4) is 5.75 Å². The fourth-order valence-electron chi connectivity index (χ4n) is 3.45. The quantitative estimate of drug-likeness (QED) is 0.406. The Morgan fingerprint density at radius 2 is 1.72 bits per heavy atom. The Hall–Kier alpha value is -3.25. The number of nitrogens with zero attached hydrogens (tertiary/aromatic N) is 1. The summed E-state index contributed by atoms with van der Waals surface area (Å²) >= 11 is 1.32. The van der Waals surface area contributed by atoms with Crippen molar-refractivity contribution in [2.75, 3.05) is 11.5 Å². The molecule has 0 aliphatic carbocycles. The van der Waals surface area contributed by atoms with E-state index in [-0.39, 0.29) is 11.8 Å². The smallest absolute Gasteiger partial charge is 0.272 e. The topological polar surface area (TPSA) is 59.8 Å². The molecule has 5 nitrogen and oxygen atoms in total. The second kappa shape index (κ2) is 9.49. The second-order valence-electron chi connectivity index (χ2n) is 8.03. The van der Waals surface area contributed by atoms with E-state index in [1.807, 2.05) is 61.5 Å². The number of ether oxygens (including phenoxy) is 1. The van der Waals surface area contributed by atoms with E-state index in [0.717, 1.165) is 17.1 Å². The number of hydrogen-bond acceptors (Lipinski definition) is 5. The van der Waals surface area contributed by atoms with Gasteiger partial charge in [-0.3, -0.25) is 9.59 Å². The highest BCUT2D eigenvalue weighted by atomic mass is 32.2. The first-order chi connectivity index (χ1) is 15.5. The molecule has 2 heterocycles. The number of imide groups is 1. The van der Waals surface area contributed by atoms with Gasteiger partial charge in [0.05, 0.1) is 34.8 Å². The summed E-state index contributed by atoms with van der Waals surface area (Å²) in [7, 11) is 0. The molecule has 4 rings (SSSR count). The van der Waals surface area contributed by atoms with Crippen LogP contribution in [-0.4, -0.2) is 18.4 Å². The molecule has 0 fully saturated rings. The summed E-state index contributed by atoms with van der Waals surface area (Å²) < 4.78 is 11.2. The number of amides is 2. The largest absolute Gasteiger partial charge is 0.493 e. The number of furan rings is 1. The highest BCUT2D eigenvalue weighted by Crippen LogP contribution is 2.40. The minimum Gasteiger partial charge on any atom is -0.493 e. The van der Waals surface area contributed by atoms with Crippen LogP contribution in [0.1, 0.15) is 30.7 Å². The second-order valence-corrected chi connectivity index (χ2v) is 9.02. The maximum Gasteiger partial charge on any atom is 0.272 e.